The summed E-state index contributed by atoms with van der Waals surface area (Å²) in [6.45, 7) is 0. The molecule has 0 amide bonds. The third-order valence-electron chi connectivity index (χ3n) is 7.53. The third-order valence-corrected chi connectivity index (χ3v) is 8.44. The Bertz CT molecular complexity index is 2380. The Labute approximate surface area is 296 Å². The van der Waals surface area contributed by atoms with Gasteiger partial charge < -0.3 is 19.3 Å². The van der Waals surface area contributed by atoms with Gasteiger partial charge in [0.15, 0.2) is 5.75 Å². The lowest BCUT2D eigenvalue weighted by Gasteiger charge is -2.19. The molecule has 0 radical (unpaired) electrons. The standard InChI is InChI=1S/C37H22F3N5O6S/c38-37(39,40)22-10-11-26(31(17-22)51-25-7-4-15-43-20-25)28-21-44-33(36-30(12-16-52-36)50-24-6-3-14-42-19-24)35(46)32(28)27-8-1-9-29(34(27)45(47)48)49-23-5-2-13-41-18-23/h1-21,46H. The van der Waals surface area contributed by atoms with Gasteiger partial charge in [0.2, 0.25) is 5.75 Å². The number of pyridine rings is 4. The number of nitrogens with zero attached hydrogens (tertiary/aromatic N) is 5. The Hall–Kier alpha value is -6.87. The molecule has 7 rings (SSSR count). The first kappa shape index (κ1) is 33.6. The zero-order chi connectivity index (χ0) is 36.2. The van der Waals surface area contributed by atoms with E-state index in [2.05, 4.69) is 19.9 Å². The van der Waals surface area contributed by atoms with Gasteiger partial charge in [-0.15, -0.1) is 11.3 Å². The first-order valence-electron chi connectivity index (χ1n) is 15.2. The van der Waals surface area contributed by atoms with Gasteiger partial charge in [-0.3, -0.25) is 30.1 Å². The Balaban J connectivity index is 1.48. The minimum Gasteiger partial charge on any atom is -0.505 e. The number of rotatable bonds is 10. The molecular weight excluding hydrogens is 699 g/mol. The molecule has 0 atom stereocenters. The molecule has 0 fully saturated rings. The number of para-hydroxylation sites is 1. The Morgan fingerprint density at radius 3 is 1.88 bits per heavy atom. The van der Waals surface area contributed by atoms with Gasteiger partial charge in [0, 0.05) is 41.5 Å². The van der Waals surface area contributed by atoms with Crippen LogP contribution in [0.5, 0.6) is 40.2 Å². The molecule has 2 aromatic carbocycles. The summed E-state index contributed by atoms with van der Waals surface area (Å²) in [4.78, 5) is 29.1. The van der Waals surface area contributed by atoms with Crippen LogP contribution in [-0.4, -0.2) is 30.0 Å². The number of alkyl halides is 3. The lowest BCUT2D eigenvalue weighted by atomic mass is 9.92. The van der Waals surface area contributed by atoms with Gasteiger partial charge in [0.25, 0.3) is 0 Å². The minimum atomic E-state index is -4.74. The Morgan fingerprint density at radius 1 is 0.692 bits per heavy atom. The summed E-state index contributed by atoms with van der Waals surface area (Å²) >= 11 is 1.18. The Morgan fingerprint density at radius 2 is 1.31 bits per heavy atom. The van der Waals surface area contributed by atoms with Gasteiger partial charge in [0.05, 0.1) is 39.5 Å². The van der Waals surface area contributed by atoms with Crippen LogP contribution in [0.2, 0.25) is 0 Å². The van der Waals surface area contributed by atoms with Crippen molar-refractivity contribution in [2.45, 2.75) is 6.18 Å². The van der Waals surface area contributed by atoms with Crippen molar-refractivity contribution >= 4 is 17.0 Å². The maximum atomic E-state index is 14.0. The van der Waals surface area contributed by atoms with Gasteiger partial charge >= 0.3 is 11.9 Å². The van der Waals surface area contributed by atoms with E-state index in [-0.39, 0.29) is 50.9 Å². The summed E-state index contributed by atoms with van der Waals surface area (Å²) in [7, 11) is 0. The second-order valence-corrected chi connectivity index (χ2v) is 11.8. The van der Waals surface area contributed by atoms with Crippen molar-refractivity contribution < 1.29 is 37.4 Å². The van der Waals surface area contributed by atoms with Crippen LogP contribution in [0.25, 0.3) is 32.8 Å². The number of benzene rings is 2. The summed E-state index contributed by atoms with van der Waals surface area (Å²) in [5.74, 6) is 0.0367. The van der Waals surface area contributed by atoms with Crippen LogP contribution in [0.1, 0.15) is 5.56 Å². The molecule has 0 saturated heterocycles. The quantitative estimate of drug-likeness (QED) is 0.107. The fraction of sp³-hybridized carbons (Fsp3) is 0.0270. The van der Waals surface area contributed by atoms with Crippen molar-refractivity contribution in [3.63, 3.8) is 0 Å². The summed E-state index contributed by atoms with van der Waals surface area (Å²) < 4.78 is 59.8. The average Bonchev–Trinajstić information content (AvgIpc) is 3.60. The Kier molecular flexibility index (Phi) is 9.16. The van der Waals surface area contributed by atoms with Crippen molar-refractivity contribution in [1.82, 2.24) is 19.9 Å². The molecule has 11 nitrogen and oxygen atoms in total. The van der Waals surface area contributed by atoms with Crippen molar-refractivity contribution in [3.05, 3.63) is 143 Å². The topological polar surface area (TPSA) is 143 Å². The van der Waals surface area contributed by atoms with Crippen LogP contribution in [0.15, 0.2) is 128 Å². The summed E-state index contributed by atoms with van der Waals surface area (Å²) in [5.41, 5.74) is -1.78. The molecule has 0 aliphatic rings. The number of hydrogen-bond acceptors (Lipinski definition) is 11. The number of halogens is 3. The van der Waals surface area contributed by atoms with Gasteiger partial charge in [-0.2, -0.15) is 13.2 Å². The zero-order valence-corrected chi connectivity index (χ0v) is 27.2. The van der Waals surface area contributed by atoms with Crippen LogP contribution >= 0.6 is 11.3 Å². The van der Waals surface area contributed by atoms with Crippen molar-refractivity contribution in [2.75, 3.05) is 0 Å². The second-order valence-electron chi connectivity index (χ2n) is 10.8. The molecule has 0 aliphatic heterocycles. The molecule has 0 saturated carbocycles. The van der Waals surface area contributed by atoms with E-state index in [1.54, 1.807) is 48.0 Å². The van der Waals surface area contributed by atoms with Crippen LogP contribution in [0.3, 0.4) is 0 Å². The van der Waals surface area contributed by atoms with Crippen molar-refractivity contribution in [3.8, 4) is 73.1 Å². The molecule has 0 bridgehead atoms. The number of aromatic hydroxyl groups is 1. The summed E-state index contributed by atoms with van der Waals surface area (Å²) in [6.07, 6.45) is 5.29. The molecule has 7 aromatic rings. The molecule has 0 unspecified atom stereocenters. The normalized spacial score (nSPS) is 11.2. The predicted octanol–water partition coefficient (Wildman–Crippen LogP) is 10.3. The fourth-order valence-corrected chi connectivity index (χ4v) is 6.11. The largest absolute Gasteiger partial charge is 0.505 e. The lowest BCUT2D eigenvalue weighted by molar-refractivity contribution is -0.384. The van der Waals surface area contributed by atoms with Crippen LogP contribution in [-0.2, 0) is 6.18 Å². The van der Waals surface area contributed by atoms with E-state index >= 15 is 0 Å². The molecule has 0 aliphatic carbocycles. The first-order valence-corrected chi connectivity index (χ1v) is 16.1. The van der Waals surface area contributed by atoms with E-state index in [9.17, 15) is 28.4 Å². The van der Waals surface area contributed by atoms with Gasteiger partial charge in [-0.1, -0.05) is 6.07 Å². The lowest BCUT2D eigenvalue weighted by Crippen LogP contribution is -2.05. The predicted molar refractivity (Wildman–Crippen MR) is 185 cm³/mol. The summed E-state index contributed by atoms with van der Waals surface area (Å²) in [6, 6.07) is 18.3. The molecule has 15 heteroatoms. The molecule has 52 heavy (non-hydrogen) atoms. The molecule has 258 valence electrons. The number of nitro benzene ring substituents is 1. The van der Waals surface area contributed by atoms with Crippen LogP contribution in [0, 0.1) is 10.1 Å². The van der Waals surface area contributed by atoms with E-state index in [0.717, 1.165) is 18.2 Å². The highest BCUT2D eigenvalue weighted by molar-refractivity contribution is 7.14. The average molecular weight is 722 g/mol. The number of ether oxygens (including phenoxy) is 3. The zero-order valence-electron chi connectivity index (χ0n) is 26.4. The van der Waals surface area contributed by atoms with E-state index < -0.39 is 28.1 Å². The van der Waals surface area contributed by atoms with E-state index in [0.29, 0.717) is 16.4 Å². The number of aromatic nitrogens is 4. The van der Waals surface area contributed by atoms with Gasteiger partial charge in [-0.05, 0) is 78.2 Å². The van der Waals surface area contributed by atoms with E-state index in [4.69, 9.17) is 14.2 Å². The molecule has 0 spiro atoms. The maximum Gasteiger partial charge on any atom is 0.416 e. The van der Waals surface area contributed by atoms with Crippen LogP contribution < -0.4 is 14.2 Å². The van der Waals surface area contributed by atoms with E-state index in [1.807, 2.05) is 0 Å². The monoisotopic (exact) mass is 721 g/mol. The van der Waals surface area contributed by atoms with Gasteiger partial charge in [-0.25, -0.2) is 0 Å². The second kappa shape index (κ2) is 14.2. The molecule has 1 N–H and O–H groups in total. The van der Waals surface area contributed by atoms with Crippen molar-refractivity contribution in [1.29, 1.82) is 0 Å². The molecular formula is C37H22F3N5O6S. The number of thiophene rings is 1. The third kappa shape index (κ3) is 6.93. The number of nitro groups is 1. The summed E-state index contributed by atoms with van der Waals surface area (Å²) in [5, 5.41) is 26.7. The highest BCUT2D eigenvalue weighted by atomic mass is 32.1. The minimum absolute atomic E-state index is 0.0119. The van der Waals surface area contributed by atoms with E-state index in [1.165, 1.54) is 72.8 Å². The SMILES string of the molecule is O=[N+]([O-])c1c(Oc2cccnc2)cccc1-c1c(-c2ccc(C(F)(F)F)cc2Oc2cccnc2)cnc(-c2sccc2Oc2cccnc2)c1O. The maximum absolute atomic E-state index is 14.0. The van der Waals surface area contributed by atoms with Crippen molar-refractivity contribution in [2.24, 2.45) is 0 Å². The highest BCUT2D eigenvalue weighted by Gasteiger charge is 2.34. The smallest absolute Gasteiger partial charge is 0.416 e. The molecule has 5 heterocycles. The fourth-order valence-electron chi connectivity index (χ4n) is 5.30. The number of hydrogen-bond donors (Lipinski definition) is 1. The first-order chi connectivity index (χ1) is 25.2. The van der Waals surface area contributed by atoms with Gasteiger partial charge in [0.1, 0.15) is 34.4 Å². The van der Waals surface area contributed by atoms with Crippen LogP contribution in [0.4, 0.5) is 18.9 Å². The molecule has 5 aromatic heterocycles. The highest BCUT2D eigenvalue weighted by Crippen LogP contribution is 2.52.